The van der Waals surface area contributed by atoms with Gasteiger partial charge in [0.15, 0.2) is 0 Å². The first-order valence-corrected chi connectivity index (χ1v) is 4.86. The largest absolute Gasteiger partial charge is 0.355 e. The van der Waals surface area contributed by atoms with E-state index in [-0.39, 0.29) is 0 Å². The predicted octanol–water partition coefficient (Wildman–Crippen LogP) is 1.89. The Morgan fingerprint density at radius 1 is 1.41 bits per heavy atom. The minimum Gasteiger partial charge on any atom is -0.355 e. The second-order valence-electron chi connectivity index (χ2n) is 3.21. The second kappa shape index (κ2) is 5.65. The molecule has 0 spiro atoms. The Balaban J connectivity index is 2.92. The molecule has 17 heavy (non-hydrogen) atoms. The molecule has 0 aliphatic heterocycles. The first kappa shape index (κ1) is 13.5. The summed E-state index contributed by atoms with van der Waals surface area (Å²) >= 11 is 0. The van der Waals surface area contributed by atoms with Gasteiger partial charge in [-0.2, -0.15) is 5.10 Å². The highest BCUT2D eigenvalue weighted by Gasteiger charge is 2.22. The fourth-order valence-corrected chi connectivity index (χ4v) is 1.25. The molecule has 0 saturated carbocycles. The van der Waals surface area contributed by atoms with Gasteiger partial charge in [0.05, 0.1) is 0 Å². The number of nitrogens with zero attached hydrogens (tertiary/aromatic N) is 2. The van der Waals surface area contributed by atoms with Crippen molar-refractivity contribution in [3.8, 4) is 0 Å². The molecule has 0 aliphatic rings. The summed E-state index contributed by atoms with van der Waals surface area (Å²) in [5.41, 5.74) is -1.45. The van der Waals surface area contributed by atoms with E-state index in [1.54, 1.807) is 6.92 Å². The number of hydrogen-bond acceptors (Lipinski definition) is 2. The maximum Gasteiger partial charge on any atom is 0.282 e. The van der Waals surface area contributed by atoms with Gasteiger partial charge in [-0.15, -0.1) is 0 Å². The van der Waals surface area contributed by atoms with Crippen molar-refractivity contribution in [2.45, 2.75) is 26.3 Å². The van der Waals surface area contributed by atoms with Crippen molar-refractivity contribution < 1.29 is 22.4 Å². The molecule has 1 aromatic rings. The van der Waals surface area contributed by atoms with Crippen LogP contribution in [0, 0.1) is 0 Å². The predicted molar refractivity (Wildman–Crippen MR) is 50.8 cm³/mol. The van der Waals surface area contributed by atoms with Crippen molar-refractivity contribution in [1.29, 1.82) is 0 Å². The summed E-state index contributed by atoms with van der Waals surface area (Å²) < 4.78 is 50.2. The molecule has 0 unspecified atom stereocenters. The molecule has 0 aromatic carbocycles. The Morgan fingerprint density at radius 3 is 2.53 bits per heavy atom. The zero-order valence-corrected chi connectivity index (χ0v) is 8.96. The fourth-order valence-electron chi connectivity index (χ4n) is 1.25. The Kier molecular flexibility index (Phi) is 4.47. The van der Waals surface area contributed by atoms with Crippen LogP contribution in [0.15, 0.2) is 6.07 Å². The molecule has 0 aliphatic carbocycles. The summed E-state index contributed by atoms with van der Waals surface area (Å²) in [5, 5.41) is 5.65. The molecule has 0 bridgehead atoms. The number of carbonyl (C=O) groups excluding carboxylic acids is 1. The number of hydrogen-bond donors (Lipinski definition) is 1. The molecule has 1 amide bonds. The van der Waals surface area contributed by atoms with E-state index in [2.05, 4.69) is 10.4 Å². The quantitative estimate of drug-likeness (QED) is 0.814. The highest BCUT2D eigenvalue weighted by atomic mass is 19.3. The third-order valence-electron chi connectivity index (χ3n) is 1.94. The fraction of sp³-hybridized carbons (Fsp3) is 0.556. The van der Waals surface area contributed by atoms with E-state index in [0.717, 1.165) is 0 Å². The summed E-state index contributed by atoms with van der Waals surface area (Å²) in [4.78, 5) is 11.2. The minimum atomic E-state index is -2.95. The lowest BCUT2D eigenvalue weighted by Crippen LogP contribution is -2.28. The third kappa shape index (κ3) is 3.43. The number of likely N-dealkylation sites (N-methyl/N-ethyl adjacent to an activating group) is 1. The van der Waals surface area contributed by atoms with Crippen molar-refractivity contribution >= 4 is 5.91 Å². The number of alkyl halides is 4. The van der Waals surface area contributed by atoms with Crippen LogP contribution in [-0.2, 0) is 11.3 Å². The van der Waals surface area contributed by atoms with Crippen molar-refractivity contribution in [3.63, 3.8) is 0 Å². The second-order valence-corrected chi connectivity index (χ2v) is 3.21. The molecule has 96 valence electrons. The zero-order chi connectivity index (χ0) is 13.0. The van der Waals surface area contributed by atoms with Crippen LogP contribution < -0.4 is 5.32 Å². The summed E-state index contributed by atoms with van der Waals surface area (Å²) in [6.07, 6.45) is -5.90. The van der Waals surface area contributed by atoms with Crippen molar-refractivity contribution in [3.05, 3.63) is 17.5 Å². The highest BCUT2D eigenvalue weighted by Crippen LogP contribution is 2.24. The standard InChI is InChI=1S/C9H11F4N3O/c1-2-14-7(17)4-16-6(9(12)13)3-5(15-16)8(10)11/h3,8-9H,2,4H2,1H3,(H,14,17). The number of amides is 1. The number of rotatable bonds is 5. The van der Waals surface area contributed by atoms with Crippen LogP contribution in [0.4, 0.5) is 17.6 Å². The van der Waals surface area contributed by atoms with Gasteiger partial charge in [0.25, 0.3) is 12.9 Å². The SMILES string of the molecule is CCNC(=O)Cn1nc(C(F)F)cc1C(F)F. The summed E-state index contributed by atoms with van der Waals surface area (Å²) in [5.74, 6) is -0.557. The van der Waals surface area contributed by atoms with E-state index in [1.807, 2.05) is 0 Å². The molecule has 1 heterocycles. The van der Waals surface area contributed by atoms with E-state index in [1.165, 1.54) is 0 Å². The molecule has 8 heteroatoms. The van der Waals surface area contributed by atoms with Gasteiger partial charge in [-0.25, -0.2) is 17.6 Å². The molecular formula is C9H11F4N3O. The number of nitrogens with one attached hydrogen (secondary N) is 1. The van der Waals surface area contributed by atoms with Crippen molar-refractivity contribution in [2.24, 2.45) is 0 Å². The van der Waals surface area contributed by atoms with Gasteiger partial charge >= 0.3 is 0 Å². The molecule has 1 N–H and O–H groups in total. The third-order valence-corrected chi connectivity index (χ3v) is 1.94. The molecule has 1 rings (SSSR count). The van der Waals surface area contributed by atoms with Gasteiger partial charge < -0.3 is 5.32 Å². The average molecular weight is 253 g/mol. The Morgan fingerprint density at radius 2 is 2.06 bits per heavy atom. The van der Waals surface area contributed by atoms with Crippen molar-refractivity contribution in [1.82, 2.24) is 15.1 Å². The van der Waals surface area contributed by atoms with Crippen LogP contribution in [0.2, 0.25) is 0 Å². The molecule has 4 nitrogen and oxygen atoms in total. The average Bonchev–Trinajstić information content (AvgIpc) is 2.62. The monoisotopic (exact) mass is 253 g/mol. The Labute approximate surface area is 94.6 Å². The van der Waals surface area contributed by atoms with E-state index in [0.29, 0.717) is 17.3 Å². The van der Waals surface area contributed by atoms with E-state index in [4.69, 9.17) is 0 Å². The minimum absolute atomic E-state index is 0.325. The Bertz CT molecular complexity index is 392. The van der Waals surface area contributed by atoms with Gasteiger partial charge in [0, 0.05) is 6.54 Å². The van der Waals surface area contributed by atoms with Gasteiger partial charge in [0.1, 0.15) is 17.9 Å². The lowest BCUT2D eigenvalue weighted by atomic mass is 10.3. The first-order valence-electron chi connectivity index (χ1n) is 4.86. The van der Waals surface area contributed by atoms with E-state index >= 15 is 0 Å². The molecule has 0 saturated heterocycles. The first-order chi connectivity index (χ1) is 7.95. The zero-order valence-electron chi connectivity index (χ0n) is 8.96. The smallest absolute Gasteiger partial charge is 0.282 e. The lowest BCUT2D eigenvalue weighted by molar-refractivity contribution is -0.121. The van der Waals surface area contributed by atoms with Crippen LogP contribution in [0.1, 0.15) is 31.2 Å². The van der Waals surface area contributed by atoms with E-state index < -0.39 is 36.7 Å². The van der Waals surface area contributed by atoms with Gasteiger partial charge in [-0.3, -0.25) is 9.48 Å². The Hall–Kier alpha value is -1.60. The molecule has 0 atom stereocenters. The van der Waals surface area contributed by atoms with E-state index in [9.17, 15) is 22.4 Å². The summed E-state index contributed by atoms with van der Waals surface area (Å²) in [6.45, 7) is 1.48. The van der Waals surface area contributed by atoms with Crippen LogP contribution in [0.25, 0.3) is 0 Å². The van der Waals surface area contributed by atoms with Crippen LogP contribution in [-0.4, -0.2) is 22.2 Å². The maximum absolute atomic E-state index is 12.5. The normalized spacial score (nSPS) is 11.2. The van der Waals surface area contributed by atoms with Crippen LogP contribution >= 0.6 is 0 Å². The lowest BCUT2D eigenvalue weighted by Gasteiger charge is -2.06. The van der Waals surface area contributed by atoms with Gasteiger partial charge in [-0.1, -0.05) is 0 Å². The number of carbonyl (C=O) groups is 1. The van der Waals surface area contributed by atoms with Gasteiger partial charge in [-0.05, 0) is 13.0 Å². The van der Waals surface area contributed by atoms with Crippen LogP contribution in [0.5, 0.6) is 0 Å². The maximum atomic E-state index is 12.5. The highest BCUT2D eigenvalue weighted by molar-refractivity contribution is 5.75. The van der Waals surface area contributed by atoms with Crippen molar-refractivity contribution in [2.75, 3.05) is 6.54 Å². The number of halogens is 4. The topological polar surface area (TPSA) is 46.9 Å². The summed E-state index contributed by atoms with van der Waals surface area (Å²) in [6, 6.07) is 0.606. The van der Waals surface area contributed by atoms with Crippen LogP contribution in [0.3, 0.4) is 0 Å². The molecule has 0 radical (unpaired) electrons. The number of aromatic nitrogens is 2. The molecule has 0 fully saturated rings. The molecule has 1 aromatic heterocycles. The van der Waals surface area contributed by atoms with Gasteiger partial charge in [0.2, 0.25) is 5.91 Å². The summed E-state index contributed by atoms with van der Waals surface area (Å²) in [7, 11) is 0. The molecular weight excluding hydrogens is 242 g/mol.